The molecule has 3 aliphatic heterocycles. The number of anilines is 8. The van der Waals surface area contributed by atoms with E-state index in [4.69, 9.17) is 0 Å². The predicted octanol–water partition coefficient (Wildman–Crippen LogP) is 15.5. The van der Waals surface area contributed by atoms with Crippen LogP contribution in [0.2, 0.25) is 0 Å². The van der Waals surface area contributed by atoms with Gasteiger partial charge in [-0.3, -0.25) is 0 Å². The lowest BCUT2D eigenvalue weighted by Crippen LogP contribution is -2.67. The molecular formula is C63H74BN3. The first kappa shape index (κ1) is 44.3. The summed E-state index contributed by atoms with van der Waals surface area (Å²) in [6.07, 6.45) is 7.21. The molecule has 2 unspecified atom stereocenters. The molecule has 344 valence electrons. The lowest BCUT2D eigenvalue weighted by atomic mass is 9.33. The highest BCUT2D eigenvalue weighted by Crippen LogP contribution is 2.66. The lowest BCUT2D eigenvalue weighted by Gasteiger charge is -2.66. The maximum atomic E-state index is 2.84. The molecule has 3 heterocycles. The first-order chi connectivity index (χ1) is 31.5. The van der Waals surface area contributed by atoms with Crippen molar-refractivity contribution >= 4 is 68.6 Å². The van der Waals surface area contributed by atoms with Crippen molar-refractivity contribution in [3.63, 3.8) is 0 Å². The van der Waals surface area contributed by atoms with Crippen LogP contribution in [-0.4, -0.2) is 12.3 Å². The van der Waals surface area contributed by atoms with Crippen LogP contribution in [0.3, 0.4) is 0 Å². The zero-order chi connectivity index (χ0) is 47.4. The van der Waals surface area contributed by atoms with Gasteiger partial charge in [-0.05, 0) is 158 Å². The highest BCUT2D eigenvalue weighted by molar-refractivity contribution is 7.00. The van der Waals surface area contributed by atoms with Crippen molar-refractivity contribution in [3.05, 3.63) is 149 Å². The van der Waals surface area contributed by atoms with Crippen molar-refractivity contribution in [2.75, 3.05) is 14.7 Å². The van der Waals surface area contributed by atoms with Gasteiger partial charge in [-0.25, -0.2) is 0 Å². The molecule has 5 aliphatic rings. The van der Waals surface area contributed by atoms with Crippen LogP contribution in [-0.2, 0) is 27.1 Å². The van der Waals surface area contributed by atoms with E-state index in [1.807, 2.05) is 0 Å². The summed E-state index contributed by atoms with van der Waals surface area (Å²) in [6, 6.07) is 48.3. The first-order valence-electron chi connectivity index (χ1n) is 25.6. The van der Waals surface area contributed by atoms with E-state index in [-0.39, 0.29) is 44.7 Å². The molecule has 1 fully saturated rings. The van der Waals surface area contributed by atoms with E-state index >= 15 is 0 Å². The molecule has 11 rings (SSSR count). The number of rotatable bonds is 3. The normalized spacial score (nSPS) is 23.1. The third kappa shape index (κ3) is 6.29. The minimum atomic E-state index is -0.129. The molecule has 0 N–H and O–H groups in total. The fraction of sp³-hybridized carbons (Fsp3) is 0.429. The summed E-state index contributed by atoms with van der Waals surface area (Å²) in [4.78, 5) is 8.16. The second kappa shape index (κ2) is 14.4. The summed E-state index contributed by atoms with van der Waals surface area (Å²) in [6.45, 7) is 34.4. The van der Waals surface area contributed by atoms with E-state index in [0.29, 0.717) is 0 Å². The van der Waals surface area contributed by atoms with Gasteiger partial charge in [0.05, 0.1) is 0 Å². The van der Waals surface area contributed by atoms with Crippen LogP contribution in [0.1, 0.15) is 163 Å². The Morgan fingerprint density at radius 3 is 1.61 bits per heavy atom. The lowest BCUT2D eigenvalue weighted by molar-refractivity contribution is 0.0106. The summed E-state index contributed by atoms with van der Waals surface area (Å²) in [7, 11) is 0. The van der Waals surface area contributed by atoms with Crippen LogP contribution < -0.4 is 31.1 Å². The molecule has 67 heavy (non-hydrogen) atoms. The average Bonchev–Trinajstić information content (AvgIpc) is 3.28. The van der Waals surface area contributed by atoms with Gasteiger partial charge in [0.2, 0.25) is 0 Å². The quantitative estimate of drug-likeness (QED) is 0.164. The van der Waals surface area contributed by atoms with Gasteiger partial charge in [0.15, 0.2) is 0 Å². The minimum absolute atomic E-state index is 0.0118. The number of hydrogen-bond acceptors (Lipinski definition) is 3. The number of hydrogen-bond donors (Lipinski definition) is 0. The van der Waals surface area contributed by atoms with E-state index in [1.165, 1.54) is 122 Å². The van der Waals surface area contributed by atoms with E-state index < -0.39 is 0 Å². The van der Waals surface area contributed by atoms with Gasteiger partial charge in [-0.15, -0.1) is 0 Å². The molecule has 0 spiro atoms. The third-order valence-corrected chi connectivity index (χ3v) is 18.6. The highest BCUT2D eigenvalue weighted by Gasteiger charge is 2.62. The van der Waals surface area contributed by atoms with Crippen LogP contribution in [0.5, 0.6) is 0 Å². The van der Waals surface area contributed by atoms with Crippen LogP contribution >= 0.6 is 0 Å². The standard InChI is InChI=1S/C63H74BN3/c1-57(2,3)41-26-29-44(30-27-41)65-52-31-28-42(58(4,5)6)36-49(52)64-50-39-47-48(60(9,10)35-34-59(47,7)8)40-53(50)66(43-22-16-15-17-23-43)55-38-45(37-54(65)56(55)64)67-51-25-19-18-24-46(51)61(11,12)62(13)32-20-21-33-63(62,67)14/h15-19,22-31,36-40H,20-21,32-35H2,1-14H3. The van der Waals surface area contributed by atoms with Crippen LogP contribution in [0.25, 0.3) is 0 Å². The molecule has 2 aliphatic carbocycles. The third-order valence-electron chi connectivity index (χ3n) is 18.6. The van der Waals surface area contributed by atoms with Crippen LogP contribution in [0.4, 0.5) is 45.5 Å². The van der Waals surface area contributed by atoms with Gasteiger partial charge < -0.3 is 14.7 Å². The van der Waals surface area contributed by atoms with Gasteiger partial charge in [-0.1, -0.05) is 170 Å². The molecule has 0 bridgehead atoms. The molecule has 0 radical (unpaired) electrons. The van der Waals surface area contributed by atoms with E-state index in [0.717, 1.165) is 6.42 Å². The minimum Gasteiger partial charge on any atom is -0.335 e. The van der Waals surface area contributed by atoms with Gasteiger partial charge in [0, 0.05) is 56.5 Å². The fourth-order valence-corrected chi connectivity index (χ4v) is 13.9. The molecule has 6 aromatic rings. The smallest absolute Gasteiger partial charge is 0.252 e. The predicted molar refractivity (Wildman–Crippen MR) is 290 cm³/mol. The highest BCUT2D eigenvalue weighted by atomic mass is 15.3. The van der Waals surface area contributed by atoms with Crippen molar-refractivity contribution in [1.82, 2.24) is 0 Å². The second-order valence-electron chi connectivity index (χ2n) is 25.7. The molecule has 0 saturated heterocycles. The van der Waals surface area contributed by atoms with Gasteiger partial charge in [-0.2, -0.15) is 0 Å². The number of para-hydroxylation sites is 2. The molecular weight excluding hydrogens is 810 g/mol. The summed E-state index contributed by atoms with van der Waals surface area (Å²) in [5.41, 5.74) is 21.7. The molecule has 2 atom stereocenters. The van der Waals surface area contributed by atoms with Gasteiger partial charge in [0.25, 0.3) is 6.71 Å². The Morgan fingerprint density at radius 2 is 0.970 bits per heavy atom. The monoisotopic (exact) mass is 884 g/mol. The van der Waals surface area contributed by atoms with Crippen LogP contribution in [0, 0.1) is 5.41 Å². The Bertz CT molecular complexity index is 2960. The second-order valence-corrected chi connectivity index (χ2v) is 25.7. The molecule has 6 aromatic carbocycles. The van der Waals surface area contributed by atoms with Gasteiger partial charge >= 0.3 is 0 Å². The first-order valence-corrected chi connectivity index (χ1v) is 25.6. The topological polar surface area (TPSA) is 9.72 Å². The largest absolute Gasteiger partial charge is 0.335 e. The average molecular weight is 884 g/mol. The van der Waals surface area contributed by atoms with E-state index in [1.54, 1.807) is 0 Å². The Kier molecular flexibility index (Phi) is 9.53. The molecule has 0 amide bonds. The van der Waals surface area contributed by atoms with Crippen LogP contribution in [0.15, 0.2) is 121 Å². The van der Waals surface area contributed by atoms with Crippen molar-refractivity contribution in [2.45, 2.75) is 168 Å². The Balaban J connectivity index is 1.30. The molecule has 0 aromatic heterocycles. The Labute approximate surface area is 404 Å². The Hall–Kier alpha value is -5.22. The van der Waals surface area contributed by atoms with E-state index in [9.17, 15) is 0 Å². The SMILES string of the molecule is CC(C)(C)c1ccc(N2c3ccc(C(C)(C)C)cc3B3c4cc5c(cc4N(c4ccccc4)c4cc(N6c7ccccc7C(C)(C)C7(C)CCCCC67C)cc2c43)C(C)(C)CCC5(C)C)cc1. The molecule has 4 heteroatoms. The maximum absolute atomic E-state index is 2.84. The number of benzene rings is 6. The fourth-order valence-electron chi connectivity index (χ4n) is 13.9. The van der Waals surface area contributed by atoms with Crippen molar-refractivity contribution in [1.29, 1.82) is 0 Å². The van der Waals surface area contributed by atoms with Crippen molar-refractivity contribution in [2.24, 2.45) is 5.41 Å². The number of fused-ring (bicyclic) bond motifs is 7. The zero-order valence-corrected chi connectivity index (χ0v) is 43.2. The summed E-state index contributed by atoms with van der Waals surface area (Å²) < 4.78 is 0. The summed E-state index contributed by atoms with van der Waals surface area (Å²) >= 11 is 0. The number of nitrogens with zero attached hydrogens (tertiary/aromatic N) is 3. The van der Waals surface area contributed by atoms with Crippen molar-refractivity contribution < 1.29 is 0 Å². The zero-order valence-electron chi connectivity index (χ0n) is 43.2. The summed E-state index contributed by atoms with van der Waals surface area (Å²) in [5, 5.41) is 0. The maximum Gasteiger partial charge on any atom is 0.252 e. The van der Waals surface area contributed by atoms with Crippen molar-refractivity contribution in [3.8, 4) is 0 Å². The van der Waals surface area contributed by atoms with E-state index in [2.05, 4.69) is 233 Å². The molecule has 1 saturated carbocycles. The molecule has 3 nitrogen and oxygen atoms in total. The summed E-state index contributed by atoms with van der Waals surface area (Å²) in [5.74, 6) is 0. The van der Waals surface area contributed by atoms with Gasteiger partial charge in [0.1, 0.15) is 0 Å². The Morgan fingerprint density at radius 1 is 0.433 bits per heavy atom.